The summed E-state index contributed by atoms with van der Waals surface area (Å²) in [5, 5.41) is 10.7. The van der Waals surface area contributed by atoms with E-state index in [2.05, 4.69) is 10.8 Å². The van der Waals surface area contributed by atoms with Gasteiger partial charge in [0.25, 0.3) is 0 Å². The van der Waals surface area contributed by atoms with Crippen LogP contribution < -0.4 is 4.72 Å². The summed E-state index contributed by atoms with van der Waals surface area (Å²) < 4.78 is 16.0. The molecule has 0 aliphatic carbocycles. The van der Waals surface area contributed by atoms with Crippen molar-refractivity contribution in [3.63, 3.8) is 0 Å². The Balaban J connectivity index is 2.24. The van der Waals surface area contributed by atoms with Crippen LogP contribution in [0.4, 0.5) is 0 Å². The third-order valence-electron chi connectivity index (χ3n) is 2.78. The first-order valence-electron chi connectivity index (χ1n) is 6.19. The summed E-state index contributed by atoms with van der Waals surface area (Å²) in [6, 6.07) is 9.86. The average Bonchev–Trinajstić information content (AvgIpc) is 2.77. The average molecular weight is 297 g/mol. The van der Waals surface area contributed by atoms with E-state index in [0.29, 0.717) is 0 Å². The number of fused-ring (bicyclic) bond motifs is 1. The third-order valence-corrected chi connectivity index (χ3v) is 5.62. The standard InChI is InChI=1S/C14H19NO2S2/c1-14(2,3)19(17)15-11(9-16)13-8-10-6-4-5-7-12(10)18-13/h4-8,11,15-16H,9H2,1-3H3/t11-,19?/m1/s1. The molecule has 0 saturated heterocycles. The maximum Gasteiger partial charge on any atom is 0.0977 e. The van der Waals surface area contributed by atoms with Gasteiger partial charge in [-0.25, -0.2) is 8.93 Å². The SMILES string of the molecule is CC(C)(C)S(=O)N[C@H](CO)c1cc2ccccc2s1. The highest BCUT2D eigenvalue weighted by molar-refractivity contribution is 7.84. The van der Waals surface area contributed by atoms with E-state index < -0.39 is 11.0 Å². The number of rotatable bonds is 4. The number of hydrogen-bond acceptors (Lipinski definition) is 3. The van der Waals surface area contributed by atoms with Gasteiger partial charge >= 0.3 is 0 Å². The maximum absolute atomic E-state index is 12.1. The van der Waals surface area contributed by atoms with Gasteiger partial charge in [0.05, 0.1) is 28.4 Å². The quantitative estimate of drug-likeness (QED) is 0.911. The van der Waals surface area contributed by atoms with Crippen LogP contribution in [0.1, 0.15) is 31.7 Å². The molecular weight excluding hydrogens is 278 g/mol. The van der Waals surface area contributed by atoms with Gasteiger partial charge in [0.2, 0.25) is 0 Å². The molecule has 1 aromatic carbocycles. The topological polar surface area (TPSA) is 49.3 Å². The zero-order chi connectivity index (χ0) is 14.0. The number of benzene rings is 1. The molecule has 1 aromatic heterocycles. The van der Waals surface area contributed by atoms with Crippen molar-refractivity contribution in [3.05, 3.63) is 35.2 Å². The summed E-state index contributed by atoms with van der Waals surface area (Å²) >= 11 is 1.63. The van der Waals surface area contributed by atoms with Crippen LogP contribution in [0.2, 0.25) is 0 Å². The summed E-state index contributed by atoms with van der Waals surface area (Å²) in [6.45, 7) is 5.68. The predicted molar refractivity (Wildman–Crippen MR) is 82.7 cm³/mol. The normalized spacial score (nSPS) is 15.6. The summed E-state index contributed by atoms with van der Waals surface area (Å²) in [7, 11) is -1.19. The maximum atomic E-state index is 12.1. The fourth-order valence-corrected chi connectivity index (χ4v) is 3.66. The van der Waals surface area contributed by atoms with Gasteiger partial charge in [0.1, 0.15) is 0 Å². The minimum absolute atomic E-state index is 0.0609. The lowest BCUT2D eigenvalue weighted by atomic mass is 10.2. The van der Waals surface area contributed by atoms with E-state index in [9.17, 15) is 9.32 Å². The third kappa shape index (κ3) is 3.42. The van der Waals surface area contributed by atoms with E-state index in [0.717, 1.165) is 10.3 Å². The van der Waals surface area contributed by atoms with E-state index in [1.165, 1.54) is 4.70 Å². The molecule has 0 fully saturated rings. The zero-order valence-corrected chi connectivity index (χ0v) is 13.0. The molecule has 0 saturated carbocycles. The number of nitrogens with one attached hydrogen (secondary N) is 1. The van der Waals surface area contributed by atoms with Crippen LogP contribution in [0.25, 0.3) is 10.1 Å². The Morgan fingerprint density at radius 2 is 2.05 bits per heavy atom. The van der Waals surface area contributed by atoms with Crippen molar-refractivity contribution >= 4 is 32.4 Å². The monoisotopic (exact) mass is 297 g/mol. The van der Waals surface area contributed by atoms with Crippen LogP contribution in [0.5, 0.6) is 0 Å². The van der Waals surface area contributed by atoms with E-state index in [1.807, 2.05) is 45.0 Å². The molecule has 19 heavy (non-hydrogen) atoms. The van der Waals surface area contributed by atoms with Crippen molar-refractivity contribution in [3.8, 4) is 0 Å². The van der Waals surface area contributed by atoms with Crippen molar-refractivity contribution < 1.29 is 9.32 Å². The number of hydrogen-bond donors (Lipinski definition) is 2. The van der Waals surface area contributed by atoms with Crippen molar-refractivity contribution in [2.24, 2.45) is 0 Å². The first-order chi connectivity index (χ1) is 8.91. The van der Waals surface area contributed by atoms with Crippen LogP contribution in [-0.2, 0) is 11.0 Å². The lowest BCUT2D eigenvalue weighted by molar-refractivity contribution is 0.261. The van der Waals surface area contributed by atoms with Gasteiger partial charge in [-0.15, -0.1) is 11.3 Å². The molecule has 2 rings (SSSR count). The van der Waals surface area contributed by atoms with Crippen molar-refractivity contribution in [1.29, 1.82) is 0 Å². The first kappa shape index (κ1) is 14.7. The molecule has 0 aliphatic heterocycles. The Kier molecular flexibility index (Phi) is 4.40. The molecule has 0 bridgehead atoms. The zero-order valence-electron chi connectivity index (χ0n) is 11.3. The number of aliphatic hydroxyl groups excluding tert-OH is 1. The van der Waals surface area contributed by atoms with Gasteiger partial charge in [0, 0.05) is 9.58 Å². The minimum atomic E-state index is -1.19. The largest absolute Gasteiger partial charge is 0.394 e. The fourth-order valence-electron chi connectivity index (χ4n) is 1.67. The predicted octanol–water partition coefficient (Wildman–Crippen LogP) is 2.99. The molecule has 104 valence electrons. The summed E-state index contributed by atoms with van der Waals surface area (Å²) in [4.78, 5) is 1.02. The summed E-state index contributed by atoms with van der Waals surface area (Å²) in [5.41, 5.74) is 0. The smallest absolute Gasteiger partial charge is 0.0977 e. The molecular formula is C14H19NO2S2. The molecule has 0 aliphatic rings. The molecule has 0 spiro atoms. The summed E-state index contributed by atoms with van der Waals surface area (Å²) in [6.07, 6.45) is 0. The molecule has 5 heteroatoms. The second kappa shape index (κ2) is 5.71. The van der Waals surface area contributed by atoms with Gasteiger partial charge in [-0.1, -0.05) is 18.2 Å². The van der Waals surface area contributed by atoms with Gasteiger partial charge in [-0.2, -0.15) is 0 Å². The second-order valence-corrected chi connectivity index (χ2v) is 8.53. The molecule has 0 amide bonds. The Morgan fingerprint density at radius 3 is 2.63 bits per heavy atom. The van der Waals surface area contributed by atoms with Gasteiger partial charge in [0.15, 0.2) is 0 Å². The molecule has 3 nitrogen and oxygen atoms in total. The van der Waals surface area contributed by atoms with Crippen molar-refractivity contribution in [2.45, 2.75) is 31.6 Å². The van der Waals surface area contributed by atoms with Crippen LogP contribution in [0, 0.1) is 0 Å². The van der Waals surface area contributed by atoms with Crippen LogP contribution in [0.15, 0.2) is 30.3 Å². The fraction of sp³-hybridized carbons (Fsp3) is 0.429. The van der Waals surface area contributed by atoms with E-state index in [4.69, 9.17) is 0 Å². The van der Waals surface area contributed by atoms with Crippen LogP contribution in [-0.4, -0.2) is 20.7 Å². The molecule has 0 radical (unpaired) electrons. The molecule has 2 N–H and O–H groups in total. The Hall–Kier alpha value is -0.750. The van der Waals surface area contributed by atoms with E-state index >= 15 is 0 Å². The number of thiophene rings is 1. The molecule has 2 aromatic rings. The second-order valence-electron chi connectivity index (χ2n) is 5.42. The summed E-state index contributed by atoms with van der Waals surface area (Å²) in [5.74, 6) is 0. The van der Waals surface area contributed by atoms with Crippen molar-refractivity contribution in [1.82, 2.24) is 4.72 Å². The van der Waals surface area contributed by atoms with Crippen molar-refractivity contribution in [2.75, 3.05) is 6.61 Å². The Morgan fingerprint density at radius 1 is 1.37 bits per heavy atom. The molecule has 1 heterocycles. The van der Waals surface area contributed by atoms with E-state index in [-0.39, 0.29) is 17.4 Å². The highest BCUT2D eigenvalue weighted by Gasteiger charge is 2.24. The highest BCUT2D eigenvalue weighted by atomic mass is 32.2. The lowest BCUT2D eigenvalue weighted by Gasteiger charge is -2.22. The van der Waals surface area contributed by atoms with Gasteiger partial charge in [-0.3, -0.25) is 0 Å². The Bertz CT molecular complexity index is 553. The Labute approximate surface area is 120 Å². The minimum Gasteiger partial charge on any atom is -0.394 e. The molecule has 1 unspecified atom stereocenters. The van der Waals surface area contributed by atoms with Gasteiger partial charge < -0.3 is 5.11 Å². The van der Waals surface area contributed by atoms with Crippen LogP contribution in [0.3, 0.4) is 0 Å². The first-order valence-corrected chi connectivity index (χ1v) is 8.16. The number of aliphatic hydroxyl groups is 1. The van der Waals surface area contributed by atoms with Crippen LogP contribution >= 0.6 is 11.3 Å². The van der Waals surface area contributed by atoms with Gasteiger partial charge in [-0.05, 0) is 38.3 Å². The lowest BCUT2D eigenvalue weighted by Crippen LogP contribution is -2.36. The highest BCUT2D eigenvalue weighted by Crippen LogP contribution is 2.30. The molecule has 2 atom stereocenters. The van der Waals surface area contributed by atoms with E-state index in [1.54, 1.807) is 11.3 Å².